The van der Waals surface area contributed by atoms with Crippen molar-refractivity contribution < 1.29 is 0 Å². The van der Waals surface area contributed by atoms with Gasteiger partial charge in [0, 0.05) is 23.9 Å². The van der Waals surface area contributed by atoms with E-state index in [0.717, 1.165) is 24.2 Å². The largest absolute Gasteiger partial charge is 0.317 e. The van der Waals surface area contributed by atoms with E-state index >= 15 is 0 Å². The lowest BCUT2D eigenvalue weighted by Crippen LogP contribution is -2.09. The molecule has 0 amide bonds. The molecule has 2 aromatic carbocycles. The summed E-state index contributed by atoms with van der Waals surface area (Å²) in [6.45, 7) is 5.47. The van der Waals surface area contributed by atoms with Gasteiger partial charge in [-0.05, 0) is 48.5 Å². The first-order valence-corrected chi connectivity index (χ1v) is 10.4. The van der Waals surface area contributed by atoms with Crippen LogP contribution < -0.4 is 0 Å². The second-order valence-electron chi connectivity index (χ2n) is 8.11. The Morgan fingerprint density at radius 1 is 0.889 bits per heavy atom. The van der Waals surface area contributed by atoms with Crippen LogP contribution in [0.25, 0.3) is 0 Å². The summed E-state index contributed by atoms with van der Waals surface area (Å²) in [5.41, 5.74) is 5.54. The number of imidazole rings is 1. The van der Waals surface area contributed by atoms with Crippen molar-refractivity contribution in [2.45, 2.75) is 52.1 Å². The van der Waals surface area contributed by atoms with Gasteiger partial charge in [-0.25, -0.2) is 0 Å². The zero-order chi connectivity index (χ0) is 18.8. The molecule has 0 N–H and O–H groups in total. The van der Waals surface area contributed by atoms with E-state index in [4.69, 9.17) is 12.2 Å². The van der Waals surface area contributed by atoms with Crippen LogP contribution in [0.5, 0.6) is 0 Å². The second kappa shape index (κ2) is 7.85. The summed E-state index contributed by atoms with van der Waals surface area (Å²) in [7, 11) is 0. The molecule has 1 fully saturated rings. The lowest BCUT2D eigenvalue weighted by atomic mass is 10.0. The van der Waals surface area contributed by atoms with E-state index in [1.54, 1.807) is 0 Å². The van der Waals surface area contributed by atoms with Crippen LogP contribution in [0.2, 0.25) is 0 Å². The predicted molar refractivity (Wildman–Crippen MR) is 115 cm³/mol. The summed E-state index contributed by atoms with van der Waals surface area (Å²) in [5.74, 6) is 0.603. The summed E-state index contributed by atoms with van der Waals surface area (Å²) < 4.78 is 5.88. The van der Waals surface area contributed by atoms with Gasteiger partial charge in [0.1, 0.15) is 0 Å². The molecule has 0 bridgehead atoms. The molecule has 1 aromatic heterocycles. The Labute approximate surface area is 167 Å². The van der Waals surface area contributed by atoms with E-state index in [1.165, 1.54) is 35.4 Å². The zero-order valence-corrected chi connectivity index (χ0v) is 17.1. The summed E-state index contributed by atoms with van der Waals surface area (Å²) >= 11 is 6.01. The van der Waals surface area contributed by atoms with E-state index in [-0.39, 0.29) is 0 Å². The average Bonchev–Trinajstić information content (AvgIpc) is 3.47. The SMILES string of the molecule is CC(C)Cc1c(Cc2ccccc2)n(C2CC2)c(=S)n1Cc1ccccc1. The zero-order valence-electron chi connectivity index (χ0n) is 16.3. The molecule has 0 atom stereocenters. The van der Waals surface area contributed by atoms with Crippen molar-refractivity contribution in [3.8, 4) is 0 Å². The van der Waals surface area contributed by atoms with Crippen molar-refractivity contribution in [1.29, 1.82) is 0 Å². The number of hydrogen-bond acceptors (Lipinski definition) is 1. The van der Waals surface area contributed by atoms with Gasteiger partial charge in [0.15, 0.2) is 4.77 Å². The number of benzene rings is 2. The van der Waals surface area contributed by atoms with Crippen LogP contribution in [0, 0.1) is 10.7 Å². The fourth-order valence-electron chi connectivity index (χ4n) is 3.89. The molecule has 3 aromatic rings. The highest BCUT2D eigenvalue weighted by Crippen LogP contribution is 2.39. The quantitative estimate of drug-likeness (QED) is 0.447. The smallest absolute Gasteiger partial charge is 0.180 e. The maximum Gasteiger partial charge on any atom is 0.180 e. The van der Waals surface area contributed by atoms with Gasteiger partial charge < -0.3 is 9.13 Å². The fraction of sp³-hybridized carbons (Fsp3) is 0.375. The highest BCUT2D eigenvalue weighted by molar-refractivity contribution is 7.71. The molecule has 1 aliphatic rings. The molecule has 0 radical (unpaired) electrons. The molecule has 4 rings (SSSR count). The number of nitrogens with zero attached hydrogens (tertiary/aromatic N) is 2. The molecule has 1 heterocycles. The minimum absolute atomic E-state index is 0.596. The minimum atomic E-state index is 0.596. The Morgan fingerprint density at radius 3 is 2.04 bits per heavy atom. The van der Waals surface area contributed by atoms with E-state index in [0.29, 0.717) is 12.0 Å². The third-order valence-electron chi connectivity index (χ3n) is 5.30. The van der Waals surface area contributed by atoms with E-state index < -0.39 is 0 Å². The van der Waals surface area contributed by atoms with Crippen LogP contribution in [-0.4, -0.2) is 9.13 Å². The number of hydrogen-bond donors (Lipinski definition) is 0. The van der Waals surface area contributed by atoms with Gasteiger partial charge in [0.05, 0.1) is 6.54 Å². The molecule has 3 heteroatoms. The van der Waals surface area contributed by atoms with Gasteiger partial charge in [0.2, 0.25) is 0 Å². The highest BCUT2D eigenvalue weighted by Gasteiger charge is 2.30. The Hall–Kier alpha value is -2.13. The summed E-state index contributed by atoms with van der Waals surface area (Å²) in [4.78, 5) is 0. The first-order valence-electron chi connectivity index (χ1n) is 10.0. The minimum Gasteiger partial charge on any atom is -0.317 e. The molecule has 2 nitrogen and oxygen atoms in total. The molecule has 0 spiro atoms. The standard InChI is InChI=1S/C24H28N2S/c1-18(2)15-22-23(16-19-9-5-3-6-10-19)26(21-13-14-21)24(27)25(22)17-20-11-7-4-8-12-20/h3-12,18,21H,13-17H2,1-2H3. The lowest BCUT2D eigenvalue weighted by molar-refractivity contribution is 0.598. The second-order valence-corrected chi connectivity index (χ2v) is 8.47. The maximum atomic E-state index is 6.01. The molecule has 0 saturated heterocycles. The molecule has 1 saturated carbocycles. The highest BCUT2D eigenvalue weighted by atomic mass is 32.1. The Balaban J connectivity index is 1.82. The van der Waals surface area contributed by atoms with Crippen LogP contribution in [0.4, 0.5) is 0 Å². The van der Waals surface area contributed by atoms with Crippen LogP contribution in [-0.2, 0) is 19.4 Å². The van der Waals surface area contributed by atoms with Gasteiger partial charge in [-0.3, -0.25) is 0 Å². The maximum absolute atomic E-state index is 6.01. The summed E-state index contributed by atoms with van der Waals surface area (Å²) in [6.07, 6.45) is 4.54. The van der Waals surface area contributed by atoms with E-state index in [9.17, 15) is 0 Å². The summed E-state index contributed by atoms with van der Waals surface area (Å²) in [6, 6.07) is 22.1. The van der Waals surface area contributed by atoms with Crippen LogP contribution >= 0.6 is 12.2 Å². The van der Waals surface area contributed by atoms with Crippen molar-refractivity contribution in [3.63, 3.8) is 0 Å². The normalized spacial score (nSPS) is 14.0. The third kappa shape index (κ3) is 4.08. The third-order valence-corrected chi connectivity index (χ3v) is 5.72. The molecule has 27 heavy (non-hydrogen) atoms. The van der Waals surface area contributed by atoms with Gasteiger partial charge in [0.25, 0.3) is 0 Å². The van der Waals surface area contributed by atoms with Crippen molar-refractivity contribution in [1.82, 2.24) is 9.13 Å². The molecule has 0 unspecified atom stereocenters. The van der Waals surface area contributed by atoms with E-state index in [2.05, 4.69) is 83.6 Å². The molecule has 0 aliphatic heterocycles. The van der Waals surface area contributed by atoms with E-state index in [1.807, 2.05) is 0 Å². The predicted octanol–water partition coefficient (Wildman–Crippen LogP) is 6.19. The van der Waals surface area contributed by atoms with Crippen LogP contribution in [0.1, 0.15) is 55.2 Å². The Morgan fingerprint density at radius 2 is 1.48 bits per heavy atom. The first kappa shape index (κ1) is 18.2. The van der Waals surface area contributed by atoms with Crippen molar-refractivity contribution in [2.24, 2.45) is 5.92 Å². The summed E-state index contributed by atoms with van der Waals surface area (Å²) in [5, 5.41) is 0. The van der Waals surface area contributed by atoms with Gasteiger partial charge in [-0.2, -0.15) is 0 Å². The molecule has 140 valence electrons. The van der Waals surface area contributed by atoms with Crippen molar-refractivity contribution >= 4 is 12.2 Å². The lowest BCUT2D eigenvalue weighted by Gasteiger charge is -2.13. The number of rotatable bonds is 7. The van der Waals surface area contributed by atoms with Gasteiger partial charge in [-0.15, -0.1) is 0 Å². The van der Waals surface area contributed by atoms with Crippen LogP contribution in [0.3, 0.4) is 0 Å². The van der Waals surface area contributed by atoms with Crippen molar-refractivity contribution in [2.75, 3.05) is 0 Å². The average molecular weight is 377 g/mol. The molecular weight excluding hydrogens is 348 g/mol. The van der Waals surface area contributed by atoms with Gasteiger partial charge in [-0.1, -0.05) is 74.5 Å². The van der Waals surface area contributed by atoms with Crippen molar-refractivity contribution in [3.05, 3.63) is 87.9 Å². The Bertz CT molecular complexity index is 947. The Kier molecular flexibility index (Phi) is 5.31. The molecule has 1 aliphatic carbocycles. The molecular formula is C24H28N2S. The fourth-order valence-corrected chi connectivity index (χ4v) is 4.32. The number of aromatic nitrogens is 2. The topological polar surface area (TPSA) is 9.86 Å². The first-order chi connectivity index (χ1) is 13.1. The monoisotopic (exact) mass is 376 g/mol. The van der Waals surface area contributed by atoms with Crippen LogP contribution in [0.15, 0.2) is 60.7 Å². The van der Waals surface area contributed by atoms with Gasteiger partial charge >= 0.3 is 0 Å².